The first kappa shape index (κ1) is 9.63. The molecule has 0 amide bonds. The minimum atomic E-state index is 0.679. The molecule has 1 unspecified atom stereocenters. The number of hydrogen-bond donors (Lipinski definition) is 0. The monoisotopic (exact) mass is 167 g/mol. The average molecular weight is 167 g/mol. The molecule has 0 fully saturated rings. The van der Waals surface area contributed by atoms with E-state index in [4.69, 9.17) is 0 Å². The van der Waals surface area contributed by atoms with Crippen LogP contribution in [0.5, 0.6) is 0 Å². The second kappa shape index (κ2) is 3.51. The molecule has 0 saturated carbocycles. The van der Waals surface area contributed by atoms with Crippen LogP contribution in [0, 0.1) is 11.8 Å². The van der Waals surface area contributed by atoms with E-state index >= 15 is 0 Å². The molecule has 1 aliphatic heterocycles. The van der Waals surface area contributed by atoms with Crippen LogP contribution in [-0.2, 0) is 0 Å². The van der Waals surface area contributed by atoms with Crippen molar-refractivity contribution in [3.8, 4) is 0 Å². The zero-order valence-corrected chi connectivity index (χ0v) is 8.96. The van der Waals surface area contributed by atoms with Crippen molar-refractivity contribution in [1.82, 2.24) is 4.90 Å². The van der Waals surface area contributed by atoms with E-state index in [-0.39, 0.29) is 0 Å². The van der Waals surface area contributed by atoms with Gasteiger partial charge in [0.1, 0.15) is 0 Å². The third-order valence-electron chi connectivity index (χ3n) is 2.83. The molecule has 0 aromatic rings. The SMILES string of the molecule is CC(C)C1=CCC(C(C)C)N1C. The second-order valence-corrected chi connectivity index (χ2v) is 4.44. The average Bonchev–Trinajstić information content (AvgIpc) is 2.30. The highest BCUT2D eigenvalue weighted by molar-refractivity contribution is 5.12. The predicted molar refractivity (Wildman–Crippen MR) is 53.9 cm³/mol. The summed E-state index contributed by atoms with van der Waals surface area (Å²) in [5.74, 6) is 1.45. The van der Waals surface area contributed by atoms with Crippen molar-refractivity contribution in [2.75, 3.05) is 7.05 Å². The van der Waals surface area contributed by atoms with Crippen LogP contribution in [0.25, 0.3) is 0 Å². The summed E-state index contributed by atoms with van der Waals surface area (Å²) in [6.45, 7) is 9.15. The van der Waals surface area contributed by atoms with Crippen LogP contribution in [0.3, 0.4) is 0 Å². The Morgan fingerprint density at radius 3 is 2.17 bits per heavy atom. The molecule has 1 nitrogen and oxygen atoms in total. The van der Waals surface area contributed by atoms with Gasteiger partial charge in [-0.05, 0) is 18.3 Å². The molecule has 1 aliphatic rings. The van der Waals surface area contributed by atoms with Gasteiger partial charge in [0.15, 0.2) is 0 Å². The molecular weight excluding hydrogens is 146 g/mol. The Balaban J connectivity index is 2.63. The molecule has 0 aromatic heterocycles. The van der Waals surface area contributed by atoms with Gasteiger partial charge in [-0.25, -0.2) is 0 Å². The molecule has 0 bridgehead atoms. The van der Waals surface area contributed by atoms with Crippen molar-refractivity contribution < 1.29 is 0 Å². The maximum absolute atomic E-state index is 2.45. The lowest BCUT2D eigenvalue weighted by atomic mass is 10.0. The molecule has 0 N–H and O–H groups in total. The quantitative estimate of drug-likeness (QED) is 0.611. The van der Waals surface area contributed by atoms with Crippen LogP contribution in [0.2, 0.25) is 0 Å². The fourth-order valence-electron chi connectivity index (χ4n) is 2.10. The van der Waals surface area contributed by atoms with Crippen LogP contribution in [0.1, 0.15) is 34.1 Å². The van der Waals surface area contributed by atoms with Gasteiger partial charge < -0.3 is 4.90 Å². The summed E-state index contributed by atoms with van der Waals surface area (Å²) >= 11 is 0. The Kier molecular flexibility index (Phi) is 2.81. The van der Waals surface area contributed by atoms with Gasteiger partial charge >= 0.3 is 0 Å². The molecule has 0 saturated heterocycles. The highest BCUT2D eigenvalue weighted by atomic mass is 15.2. The third kappa shape index (κ3) is 1.65. The van der Waals surface area contributed by atoms with Crippen LogP contribution in [0.4, 0.5) is 0 Å². The molecular formula is C11H21N. The molecule has 1 heterocycles. The zero-order valence-electron chi connectivity index (χ0n) is 8.96. The molecule has 0 aliphatic carbocycles. The standard InChI is InChI=1S/C11H21N/c1-8(2)10-6-7-11(9(3)4)12(10)5/h6,8-9,11H,7H2,1-5H3. The largest absolute Gasteiger partial charge is 0.374 e. The van der Waals surface area contributed by atoms with E-state index in [1.165, 1.54) is 12.1 Å². The van der Waals surface area contributed by atoms with Crippen molar-refractivity contribution in [3.63, 3.8) is 0 Å². The van der Waals surface area contributed by atoms with E-state index in [2.05, 4.69) is 45.7 Å². The molecule has 0 aromatic carbocycles. The first-order valence-electron chi connectivity index (χ1n) is 4.97. The summed E-state index contributed by atoms with van der Waals surface area (Å²) in [5.41, 5.74) is 1.52. The molecule has 1 heteroatoms. The Bertz CT molecular complexity index is 179. The van der Waals surface area contributed by atoms with Gasteiger partial charge in [0.05, 0.1) is 0 Å². The van der Waals surface area contributed by atoms with E-state index in [0.717, 1.165) is 12.0 Å². The third-order valence-corrected chi connectivity index (χ3v) is 2.83. The topological polar surface area (TPSA) is 3.24 Å². The summed E-state index contributed by atoms with van der Waals surface area (Å²) in [6, 6.07) is 0.738. The maximum atomic E-state index is 2.45. The van der Waals surface area contributed by atoms with E-state index in [0.29, 0.717) is 5.92 Å². The summed E-state index contributed by atoms with van der Waals surface area (Å²) in [7, 11) is 2.23. The van der Waals surface area contributed by atoms with Gasteiger partial charge in [-0.2, -0.15) is 0 Å². The lowest BCUT2D eigenvalue weighted by Gasteiger charge is -2.30. The van der Waals surface area contributed by atoms with Crippen molar-refractivity contribution in [2.24, 2.45) is 11.8 Å². The lowest BCUT2D eigenvalue weighted by Crippen LogP contribution is -2.31. The predicted octanol–water partition coefficient (Wildman–Crippen LogP) is 2.89. The highest BCUT2D eigenvalue weighted by Gasteiger charge is 2.26. The number of rotatable bonds is 2. The van der Waals surface area contributed by atoms with Crippen LogP contribution < -0.4 is 0 Å². The summed E-state index contributed by atoms with van der Waals surface area (Å²) in [5, 5.41) is 0. The zero-order chi connectivity index (χ0) is 9.30. The molecule has 0 spiro atoms. The minimum absolute atomic E-state index is 0.679. The van der Waals surface area contributed by atoms with Crippen molar-refractivity contribution in [1.29, 1.82) is 0 Å². The Morgan fingerprint density at radius 2 is 1.92 bits per heavy atom. The van der Waals surface area contributed by atoms with Crippen LogP contribution >= 0.6 is 0 Å². The van der Waals surface area contributed by atoms with Crippen LogP contribution in [-0.4, -0.2) is 18.0 Å². The molecule has 70 valence electrons. The fraction of sp³-hybridized carbons (Fsp3) is 0.818. The van der Waals surface area contributed by atoms with Gasteiger partial charge in [-0.3, -0.25) is 0 Å². The Hall–Kier alpha value is -0.460. The van der Waals surface area contributed by atoms with E-state index in [1.807, 2.05) is 0 Å². The van der Waals surface area contributed by atoms with Crippen molar-refractivity contribution in [2.45, 2.75) is 40.2 Å². The minimum Gasteiger partial charge on any atom is -0.374 e. The van der Waals surface area contributed by atoms with Gasteiger partial charge in [-0.15, -0.1) is 0 Å². The van der Waals surface area contributed by atoms with E-state index in [1.54, 1.807) is 0 Å². The molecule has 0 radical (unpaired) electrons. The Morgan fingerprint density at radius 1 is 1.33 bits per heavy atom. The first-order valence-corrected chi connectivity index (χ1v) is 4.97. The second-order valence-electron chi connectivity index (χ2n) is 4.44. The van der Waals surface area contributed by atoms with E-state index < -0.39 is 0 Å². The van der Waals surface area contributed by atoms with Gasteiger partial charge in [0, 0.05) is 18.8 Å². The molecule has 12 heavy (non-hydrogen) atoms. The lowest BCUT2D eigenvalue weighted by molar-refractivity contribution is 0.250. The normalized spacial score (nSPS) is 24.1. The fourth-order valence-corrected chi connectivity index (χ4v) is 2.10. The van der Waals surface area contributed by atoms with Crippen molar-refractivity contribution in [3.05, 3.63) is 11.8 Å². The molecule has 1 atom stereocenters. The Labute approximate surface area is 76.5 Å². The number of hydrogen-bond acceptors (Lipinski definition) is 1. The highest BCUT2D eigenvalue weighted by Crippen LogP contribution is 2.29. The maximum Gasteiger partial charge on any atom is 0.0341 e. The van der Waals surface area contributed by atoms with Gasteiger partial charge in [-0.1, -0.05) is 33.8 Å². The molecule has 1 rings (SSSR count). The first-order chi connectivity index (χ1) is 5.54. The summed E-state index contributed by atoms with van der Waals surface area (Å²) in [6.07, 6.45) is 3.64. The smallest absolute Gasteiger partial charge is 0.0341 e. The number of nitrogens with zero attached hydrogens (tertiary/aromatic N) is 1. The van der Waals surface area contributed by atoms with Gasteiger partial charge in [0.25, 0.3) is 0 Å². The van der Waals surface area contributed by atoms with E-state index in [9.17, 15) is 0 Å². The van der Waals surface area contributed by atoms with Crippen LogP contribution in [0.15, 0.2) is 11.8 Å². The summed E-state index contributed by atoms with van der Waals surface area (Å²) < 4.78 is 0. The number of allylic oxidation sites excluding steroid dienone is 1. The van der Waals surface area contributed by atoms with Crippen molar-refractivity contribution >= 4 is 0 Å². The van der Waals surface area contributed by atoms with Gasteiger partial charge in [0.2, 0.25) is 0 Å². The summed E-state index contributed by atoms with van der Waals surface area (Å²) in [4.78, 5) is 2.45.